The van der Waals surface area contributed by atoms with Crippen molar-refractivity contribution in [1.82, 2.24) is 9.97 Å². The second kappa shape index (κ2) is 17.7. The first-order valence-electron chi connectivity index (χ1n) is 16.1. The molecule has 52 heavy (non-hydrogen) atoms. The van der Waals surface area contributed by atoms with Crippen molar-refractivity contribution in [2.45, 2.75) is 23.9 Å². The molecule has 0 saturated heterocycles. The average molecular weight is 885 g/mol. The van der Waals surface area contributed by atoms with Crippen molar-refractivity contribution in [2.24, 2.45) is 11.8 Å². The van der Waals surface area contributed by atoms with Crippen LogP contribution in [0.5, 0.6) is 0 Å². The van der Waals surface area contributed by atoms with Gasteiger partial charge in [-0.15, -0.1) is 22.7 Å². The average Bonchev–Trinajstić information content (AvgIpc) is 3.81. The van der Waals surface area contributed by atoms with Crippen LogP contribution in [0.3, 0.4) is 0 Å². The Kier molecular flexibility index (Phi) is 14.0. The number of para-hydroxylation sites is 2. The van der Waals surface area contributed by atoms with Crippen LogP contribution in [0.25, 0.3) is 20.4 Å². The second-order valence-electron chi connectivity index (χ2n) is 11.8. The monoisotopic (exact) mass is 884 g/mol. The molecular formula is C34H40N2O6S8Si2. The zero-order valence-electron chi connectivity index (χ0n) is 29.8. The number of rotatable bonds is 17. The van der Waals surface area contributed by atoms with E-state index in [4.69, 9.17) is 36.5 Å². The van der Waals surface area contributed by atoms with Crippen LogP contribution < -0.4 is 0 Å². The van der Waals surface area contributed by atoms with Gasteiger partial charge < -0.3 is 26.6 Å². The van der Waals surface area contributed by atoms with Crippen molar-refractivity contribution >= 4 is 122 Å². The molecular weight excluding hydrogens is 845 g/mol. The van der Waals surface area contributed by atoms with Crippen molar-refractivity contribution in [3.8, 4) is 0 Å². The summed E-state index contributed by atoms with van der Waals surface area (Å²) < 4.78 is 39.9. The summed E-state index contributed by atoms with van der Waals surface area (Å²) in [4.78, 5) is 12.5. The zero-order valence-corrected chi connectivity index (χ0v) is 38.4. The zero-order chi connectivity index (χ0) is 37.0. The summed E-state index contributed by atoms with van der Waals surface area (Å²) in [5, 5.41) is 0.415. The molecule has 0 saturated carbocycles. The van der Waals surface area contributed by atoms with Gasteiger partial charge in [-0.3, -0.25) is 0 Å². The van der Waals surface area contributed by atoms with E-state index in [9.17, 15) is 0 Å². The van der Waals surface area contributed by atoms with Crippen molar-refractivity contribution < 1.29 is 26.6 Å². The Hall–Kier alpha value is -0.526. The summed E-state index contributed by atoms with van der Waals surface area (Å²) in [5.41, 5.74) is 1.91. The van der Waals surface area contributed by atoms with Gasteiger partial charge in [-0.05, 0) is 97.0 Å². The number of hydrogen-bond acceptors (Lipinski definition) is 16. The second-order valence-corrected chi connectivity index (χ2v) is 29.4. The quantitative estimate of drug-likeness (QED) is 0.0573. The molecule has 18 heteroatoms. The summed E-state index contributed by atoms with van der Waals surface area (Å²) in [5.74, 6) is 0.0110. The fraction of sp³-hybridized carbons (Fsp3) is 0.353. The molecule has 8 nitrogen and oxygen atoms in total. The van der Waals surface area contributed by atoms with Gasteiger partial charge >= 0.3 is 17.6 Å². The van der Waals surface area contributed by atoms with Crippen molar-refractivity contribution in [3.63, 3.8) is 0 Å². The lowest BCUT2D eigenvalue weighted by atomic mass is 9.88. The molecule has 4 aromatic rings. The van der Waals surface area contributed by atoms with Gasteiger partial charge in [0.15, 0.2) is 0 Å². The van der Waals surface area contributed by atoms with E-state index in [-0.39, 0.29) is 11.8 Å². The summed E-state index contributed by atoms with van der Waals surface area (Å²) in [6.07, 6.45) is 12.9. The molecule has 2 aliphatic carbocycles. The lowest BCUT2D eigenvalue weighted by Gasteiger charge is -2.47. The molecule has 2 aliphatic rings. The number of benzene rings is 2. The van der Waals surface area contributed by atoms with E-state index < -0.39 is 27.7 Å². The van der Waals surface area contributed by atoms with Crippen LogP contribution in [0.4, 0.5) is 0 Å². The summed E-state index contributed by atoms with van der Waals surface area (Å²) in [6.45, 7) is 4.39. The minimum atomic E-state index is -3.37. The van der Waals surface area contributed by atoms with Crippen LogP contribution in [0.1, 0.15) is 23.9 Å². The Bertz CT molecular complexity index is 1760. The van der Waals surface area contributed by atoms with Gasteiger partial charge in [0.05, 0.1) is 20.4 Å². The van der Waals surface area contributed by atoms with Crippen LogP contribution in [0.15, 0.2) is 94.8 Å². The molecule has 0 radical (unpaired) electrons. The molecule has 6 rings (SSSR count). The van der Waals surface area contributed by atoms with Crippen LogP contribution in [-0.2, 0) is 36.6 Å². The van der Waals surface area contributed by atoms with Gasteiger partial charge in [0, 0.05) is 52.5 Å². The lowest BCUT2D eigenvalue weighted by molar-refractivity contribution is 0.0902. The van der Waals surface area contributed by atoms with E-state index >= 15 is 0 Å². The Morgan fingerprint density at radius 2 is 0.923 bits per heavy atom. The van der Waals surface area contributed by atoms with Gasteiger partial charge in [-0.1, -0.05) is 74.6 Å². The first-order chi connectivity index (χ1) is 25.3. The van der Waals surface area contributed by atoms with E-state index in [1.54, 1.807) is 126 Å². The largest absolute Gasteiger partial charge is 0.519 e. The third-order valence-electron chi connectivity index (χ3n) is 9.61. The maximum atomic E-state index is 6.28. The molecule has 2 aromatic heterocycles. The fourth-order valence-corrected chi connectivity index (χ4v) is 29.7. The van der Waals surface area contributed by atoms with Crippen LogP contribution >= 0.6 is 83.6 Å². The topological polar surface area (TPSA) is 81.2 Å². The van der Waals surface area contributed by atoms with Crippen LogP contribution in [0, 0.1) is 11.8 Å². The molecule has 0 spiro atoms. The molecule has 2 heterocycles. The number of aromatic nitrogens is 2. The normalized spacial score (nSPS) is 23.8. The van der Waals surface area contributed by atoms with Gasteiger partial charge in [-0.2, -0.15) is 0 Å². The molecule has 0 N–H and O–H groups in total. The maximum absolute atomic E-state index is 6.28. The minimum Gasteiger partial charge on any atom is -0.376 e. The smallest absolute Gasteiger partial charge is 0.376 e. The van der Waals surface area contributed by atoms with Gasteiger partial charge in [0.2, 0.25) is 0 Å². The fourth-order valence-electron chi connectivity index (χ4n) is 7.20. The number of fused-ring (bicyclic) bond motifs is 2. The highest BCUT2D eigenvalue weighted by Crippen LogP contribution is 2.64. The van der Waals surface area contributed by atoms with E-state index in [1.807, 2.05) is 24.3 Å². The third-order valence-corrected chi connectivity index (χ3v) is 30.5. The Labute approximate surface area is 338 Å². The van der Waals surface area contributed by atoms with Crippen molar-refractivity contribution in [2.75, 3.05) is 42.7 Å². The maximum Gasteiger partial charge on any atom is 0.519 e. The van der Waals surface area contributed by atoms with E-state index in [1.165, 1.54) is 0 Å². The van der Waals surface area contributed by atoms with Gasteiger partial charge in [0.1, 0.15) is 20.1 Å². The number of hydrogen-bond donors (Lipinski definition) is 0. The highest BCUT2D eigenvalue weighted by Gasteiger charge is 2.69. The predicted octanol–water partition coefficient (Wildman–Crippen LogP) is 11.1. The van der Waals surface area contributed by atoms with Crippen LogP contribution in [0.2, 0.25) is 0 Å². The molecule has 4 unspecified atom stereocenters. The van der Waals surface area contributed by atoms with E-state index in [0.29, 0.717) is 0 Å². The first kappa shape index (κ1) is 41.1. The molecule has 4 atom stereocenters. The highest BCUT2D eigenvalue weighted by atomic mass is 33.9. The molecule has 0 aliphatic heterocycles. The summed E-state index contributed by atoms with van der Waals surface area (Å²) >= 11 is 3.35. The Morgan fingerprint density at radius 3 is 1.27 bits per heavy atom. The van der Waals surface area contributed by atoms with Crippen molar-refractivity contribution in [1.29, 1.82) is 0 Å². The number of nitrogens with zero attached hydrogens (tertiary/aromatic N) is 2. The molecule has 0 fully saturated rings. The number of thiazole rings is 2. The van der Waals surface area contributed by atoms with Crippen LogP contribution in [-0.4, -0.2) is 70.2 Å². The van der Waals surface area contributed by atoms with Gasteiger partial charge in [-0.25, -0.2) is 9.97 Å². The highest BCUT2D eigenvalue weighted by molar-refractivity contribution is 9.42. The predicted molar refractivity (Wildman–Crippen MR) is 234 cm³/mol. The van der Waals surface area contributed by atoms with Gasteiger partial charge in [0.25, 0.3) is 0 Å². The van der Waals surface area contributed by atoms with Crippen molar-refractivity contribution in [3.05, 3.63) is 105 Å². The molecule has 0 amide bonds. The summed E-state index contributed by atoms with van der Waals surface area (Å²) in [7, 11) is 13.6. The SMILES string of the molecule is CO[Si](OC)(OC)C1(c2nc3ccccc3s2)C(SSSSSSC2=CC=CC(C)C2(c2nc3ccccc3s2)[Si](OC)(OC)OC)=CC=CC1C. The Morgan fingerprint density at radius 1 is 0.558 bits per heavy atom. The standard InChI is InChI=1S/C34H40N2O6S8Si2/c1-23-15-13-21-29(33(23,51(37-3,38-4)39-5)31-35-25-17-9-11-19-27(25)43-31)45-47-49-50-48-46-30-22-14-16-24(2)34(30,52(40-6,41-7)42-8)32-36-26-18-10-12-20-28(26)44-32/h9-24H,1-8H3. The van der Waals surface area contributed by atoms with E-state index in [2.05, 4.69) is 74.6 Å². The first-order valence-corrected chi connectivity index (χ1v) is 28.7. The lowest BCUT2D eigenvalue weighted by Crippen LogP contribution is -2.65. The minimum absolute atomic E-state index is 0.00552. The summed E-state index contributed by atoms with van der Waals surface area (Å²) in [6, 6.07) is 16.5. The molecule has 0 bridgehead atoms. The van der Waals surface area contributed by atoms with E-state index in [0.717, 1.165) is 40.3 Å². The number of allylic oxidation sites excluding steroid dienone is 8. The third kappa shape index (κ3) is 6.83. The Balaban J connectivity index is 1.24. The molecule has 2 aromatic carbocycles. The molecule has 278 valence electrons.